The van der Waals surface area contributed by atoms with Gasteiger partial charge in [0.15, 0.2) is 0 Å². The predicted molar refractivity (Wildman–Crippen MR) is 104 cm³/mol. The van der Waals surface area contributed by atoms with Crippen LogP contribution in [0.15, 0.2) is 18.2 Å². The van der Waals surface area contributed by atoms with E-state index in [9.17, 15) is 19.7 Å². The summed E-state index contributed by atoms with van der Waals surface area (Å²) < 4.78 is 0. The molecule has 0 saturated carbocycles. The summed E-state index contributed by atoms with van der Waals surface area (Å²) in [5.74, 6) is -0.283. The molecule has 0 radical (unpaired) electrons. The van der Waals surface area contributed by atoms with Crippen LogP contribution in [-0.2, 0) is 9.59 Å². The molecule has 9 heteroatoms. The number of piperidine rings is 1. The predicted octanol–water partition coefficient (Wildman–Crippen LogP) is 2.81. The highest BCUT2D eigenvalue weighted by molar-refractivity contribution is 6.33. The van der Waals surface area contributed by atoms with Crippen LogP contribution in [0.3, 0.4) is 0 Å². The maximum Gasteiger partial charge on any atom is 0.271 e. The molecule has 1 atom stereocenters. The van der Waals surface area contributed by atoms with E-state index in [1.165, 1.54) is 18.2 Å². The number of likely N-dealkylation sites (tertiary alicyclic amines) is 1. The lowest BCUT2D eigenvalue weighted by molar-refractivity contribution is -0.384. The summed E-state index contributed by atoms with van der Waals surface area (Å²) >= 11 is 6.04. The molecule has 1 aromatic carbocycles. The number of carbonyl (C=O) groups excluding carboxylic acids is 2. The highest BCUT2D eigenvalue weighted by atomic mass is 35.5. The third-order valence-corrected chi connectivity index (χ3v) is 5.08. The molecule has 0 bridgehead atoms. The first-order chi connectivity index (χ1) is 12.7. The minimum absolute atomic E-state index is 0.0413. The molecule has 0 spiro atoms. The Hall–Kier alpha value is -2.19. The summed E-state index contributed by atoms with van der Waals surface area (Å²) in [5, 5.41) is 16.8. The molecule has 2 amide bonds. The van der Waals surface area contributed by atoms with Gasteiger partial charge in [-0.15, -0.1) is 0 Å². The fraction of sp³-hybridized carbons (Fsp3) is 0.556. The van der Waals surface area contributed by atoms with Crippen LogP contribution in [0.25, 0.3) is 0 Å². The van der Waals surface area contributed by atoms with Crippen molar-refractivity contribution in [3.63, 3.8) is 0 Å². The number of nitrogens with zero attached hydrogens (tertiary/aromatic N) is 2. The van der Waals surface area contributed by atoms with E-state index in [4.69, 9.17) is 11.6 Å². The number of hydrogen-bond donors (Lipinski definition) is 2. The minimum Gasteiger partial charge on any atom is -0.353 e. The number of hydrogen-bond acceptors (Lipinski definition) is 5. The monoisotopic (exact) mass is 396 g/mol. The number of nitrogens with one attached hydrogen (secondary N) is 2. The van der Waals surface area contributed by atoms with Crippen molar-refractivity contribution in [1.82, 2.24) is 10.2 Å². The van der Waals surface area contributed by atoms with Gasteiger partial charge in [0, 0.05) is 37.2 Å². The zero-order valence-electron chi connectivity index (χ0n) is 15.7. The van der Waals surface area contributed by atoms with Crippen LogP contribution in [0.1, 0.15) is 33.6 Å². The second-order valence-electron chi connectivity index (χ2n) is 7.06. The zero-order valence-corrected chi connectivity index (χ0v) is 16.5. The number of halogens is 1. The lowest BCUT2D eigenvalue weighted by Crippen LogP contribution is -2.50. The van der Waals surface area contributed by atoms with Crippen molar-refractivity contribution in [1.29, 1.82) is 0 Å². The molecule has 1 fully saturated rings. The third kappa shape index (κ3) is 5.64. The van der Waals surface area contributed by atoms with Crippen molar-refractivity contribution in [2.75, 3.05) is 18.4 Å². The van der Waals surface area contributed by atoms with E-state index in [-0.39, 0.29) is 40.2 Å². The lowest BCUT2D eigenvalue weighted by Gasteiger charge is -2.35. The first kappa shape index (κ1) is 21.1. The highest BCUT2D eigenvalue weighted by Crippen LogP contribution is 2.27. The Balaban J connectivity index is 1.92. The summed E-state index contributed by atoms with van der Waals surface area (Å²) in [4.78, 5) is 36.7. The third-order valence-electron chi connectivity index (χ3n) is 4.75. The van der Waals surface area contributed by atoms with E-state index in [2.05, 4.69) is 10.6 Å². The van der Waals surface area contributed by atoms with Gasteiger partial charge in [0.1, 0.15) is 0 Å². The van der Waals surface area contributed by atoms with Gasteiger partial charge in [-0.3, -0.25) is 24.6 Å². The average Bonchev–Trinajstić information content (AvgIpc) is 2.63. The SMILES string of the molecule is CC(C)C(=O)NC1CCN(C(C)C(=O)Nc2cc([N+](=O)[O-])ccc2Cl)CC1. The van der Waals surface area contributed by atoms with Gasteiger partial charge >= 0.3 is 0 Å². The number of carbonyl (C=O) groups is 2. The lowest BCUT2D eigenvalue weighted by atomic mass is 10.0. The zero-order chi connectivity index (χ0) is 20.1. The van der Waals surface area contributed by atoms with E-state index in [0.29, 0.717) is 13.1 Å². The molecule has 2 N–H and O–H groups in total. The molecule has 0 aromatic heterocycles. The summed E-state index contributed by atoms with van der Waals surface area (Å²) in [6.45, 7) is 6.86. The van der Waals surface area contributed by atoms with Crippen LogP contribution < -0.4 is 10.6 Å². The Morgan fingerprint density at radius 3 is 2.41 bits per heavy atom. The maximum atomic E-state index is 12.5. The van der Waals surface area contributed by atoms with Gasteiger partial charge in [-0.2, -0.15) is 0 Å². The van der Waals surface area contributed by atoms with Crippen LogP contribution in [-0.4, -0.2) is 46.8 Å². The Labute approximate surface area is 163 Å². The summed E-state index contributed by atoms with van der Waals surface area (Å²) in [5.41, 5.74) is 0.0888. The first-order valence-electron chi connectivity index (χ1n) is 8.98. The number of nitro benzene ring substituents is 1. The fourth-order valence-corrected chi connectivity index (χ4v) is 3.09. The molecular formula is C18H25ClN4O4. The molecule has 1 aromatic rings. The average molecular weight is 397 g/mol. The van der Waals surface area contributed by atoms with Crippen molar-refractivity contribution in [2.45, 2.75) is 45.7 Å². The summed E-state index contributed by atoms with van der Waals surface area (Å²) in [6, 6.07) is 3.64. The van der Waals surface area contributed by atoms with Gasteiger partial charge < -0.3 is 10.6 Å². The van der Waals surface area contributed by atoms with Gasteiger partial charge in [-0.25, -0.2) is 0 Å². The smallest absolute Gasteiger partial charge is 0.271 e. The topological polar surface area (TPSA) is 105 Å². The van der Waals surface area contributed by atoms with Crippen LogP contribution in [0, 0.1) is 16.0 Å². The van der Waals surface area contributed by atoms with Crippen molar-refractivity contribution < 1.29 is 14.5 Å². The molecule has 0 aliphatic carbocycles. The number of nitro groups is 1. The molecule has 8 nitrogen and oxygen atoms in total. The van der Waals surface area contributed by atoms with E-state index in [1.807, 2.05) is 18.7 Å². The van der Waals surface area contributed by atoms with Crippen LogP contribution in [0.4, 0.5) is 11.4 Å². The molecule has 1 unspecified atom stereocenters. The van der Waals surface area contributed by atoms with Crippen LogP contribution in [0.5, 0.6) is 0 Å². The van der Waals surface area contributed by atoms with Crippen molar-refractivity contribution in [3.05, 3.63) is 33.3 Å². The highest BCUT2D eigenvalue weighted by Gasteiger charge is 2.28. The quantitative estimate of drug-likeness (QED) is 0.568. The standard InChI is InChI=1S/C18H25ClN4O4/c1-11(2)17(24)20-13-6-8-22(9-7-13)12(3)18(25)21-16-10-14(23(26)27)4-5-15(16)19/h4-5,10-13H,6-9H2,1-3H3,(H,20,24)(H,21,25). The van der Waals surface area contributed by atoms with Crippen molar-refractivity contribution in [3.8, 4) is 0 Å². The van der Waals surface area contributed by atoms with Crippen molar-refractivity contribution in [2.24, 2.45) is 5.92 Å². The minimum atomic E-state index is -0.536. The normalized spacial score (nSPS) is 16.8. The first-order valence-corrected chi connectivity index (χ1v) is 9.36. The van der Waals surface area contributed by atoms with Gasteiger partial charge in [0.2, 0.25) is 11.8 Å². The number of anilines is 1. The molecular weight excluding hydrogens is 372 g/mol. The Bertz CT molecular complexity index is 717. The van der Waals surface area contributed by atoms with Gasteiger partial charge in [0.05, 0.1) is 21.7 Å². The molecule has 1 saturated heterocycles. The Kier molecular flexibility index (Phi) is 7.15. The summed E-state index contributed by atoms with van der Waals surface area (Å²) in [7, 11) is 0. The van der Waals surface area contributed by atoms with E-state index in [1.54, 1.807) is 6.92 Å². The fourth-order valence-electron chi connectivity index (χ4n) is 2.92. The summed E-state index contributed by atoms with van der Waals surface area (Å²) in [6.07, 6.45) is 1.54. The van der Waals surface area contributed by atoms with E-state index < -0.39 is 11.0 Å². The number of amides is 2. The second-order valence-corrected chi connectivity index (χ2v) is 7.47. The number of benzene rings is 1. The van der Waals surface area contributed by atoms with Crippen molar-refractivity contribution >= 4 is 34.8 Å². The number of rotatable bonds is 6. The largest absolute Gasteiger partial charge is 0.353 e. The Morgan fingerprint density at radius 2 is 1.85 bits per heavy atom. The second kappa shape index (κ2) is 9.14. The van der Waals surface area contributed by atoms with Crippen LogP contribution >= 0.6 is 11.6 Å². The Morgan fingerprint density at radius 1 is 1.22 bits per heavy atom. The van der Waals surface area contributed by atoms with E-state index in [0.717, 1.165) is 12.8 Å². The molecule has 1 aliphatic rings. The van der Waals surface area contributed by atoms with E-state index >= 15 is 0 Å². The van der Waals surface area contributed by atoms with Gasteiger partial charge in [-0.1, -0.05) is 25.4 Å². The molecule has 27 heavy (non-hydrogen) atoms. The molecule has 1 heterocycles. The maximum absolute atomic E-state index is 12.5. The van der Waals surface area contributed by atoms with Crippen LogP contribution in [0.2, 0.25) is 5.02 Å². The van der Waals surface area contributed by atoms with Gasteiger partial charge in [0.25, 0.3) is 5.69 Å². The molecule has 2 rings (SSSR count). The molecule has 148 valence electrons. The van der Waals surface area contributed by atoms with Gasteiger partial charge in [-0.05, 0) is 25.8 Å². The molecule has 1 aliphatic heterocycles. The number of non-ortho nitro benzene ring substituents is 1.